The second kappa shape index (κ2) is 6.57. The molecule has 0 aliphatic heterocycles. The van der Waals surface area contributed by atoms with Crippen LogP contribution in [0.4, 0.5) is 0 Å². The average Bonchev–Trinajstić information content (AvgIpc) is 2.45. The fraction of sp³-hybridized carbons (Fsp3) is 0.867. The molecule has 2 rings (SSSR count). The summed E-state index contributed by atoms with van der Waals surface area (Å²) in [5.74, 6) is -2.07. The highest BCUT2D eigenvalue weighted by Gasteiger charge is 2.37. The summed E-state index contributed by atoms with van der Waals surface area (Å²) in [6.07, 6.45) is 7.58. The van der Waals surface area contributed by atoms with E-state index < -0.39 is 23.4 Å². The zero-order chi connectivity index (χ0) is 14.6. The lowest BCUT2D eigenvalue weighted by Gasteiger charge is -2.33. The van der Waals surface area contributed by atoms with E-state index in [-0.39, 0.29) is 12.5 Å². The number of aliphatic carboxylic acids is 1. The number of hydrogen-bond donors (Lipinski definition) is 3. The van der Waals surface area contributed by atoms with Gasteiger partial charge in [0.25, 0.3) is 0 Å². The quantitative estimate of drug-likeness (QED) is 0.732. The number of carbonyl (C=O) groups is 2. The summed E-state index contributed by atoms with van der Waals surface area (Å²) in [5, 5.41) is 22.4. The molecule has 0 aromatic carbocycles. The van der Waals surface area contributed by atoms with Gasteiger partial charge in [0, 0.05) is 6.54 Å². The number of hydrogen-bond acceptors (Lipinski definition) is 3. The van der Waals surface area contributed by atoms with Gasteiger partial charge in [0.1, 0.15) is 0 Å². The third-order valence-electron chi connectivity index (χ3n) is 4.80. The van der Waals surface area contributed by atoms with Crippen LogP contribution < -0.4 is 5.32 Å². The number of carbonyl (C=O) groups excluding carboxylic acids is 1. The molecular formula is C15H25NO4. The summed E-state index contributed by atoms with van der Waals surface area (Å²) in [4.78, 5) is 23.4. The van der Waals surface area contributed by atoms with Gasteiger partial charge in [-0.1, -0.05) is 32.1 Å². The van der Waals surface area contributed by atoms with Crippen LogP contribution in [-0.4, -0.2) is 34.2 Å². The van der Waals surface area contributed by atoms with Gasteiger partial charge in [0.2, 0.25) is 5.91 Å². The lowest BCUT2D eigenvalue weighted by atomic mass is 9.78. The molecule has 0 radical (unpaired) electrons. The van der Waals surface area contributed by atoms with E-state index in [0.29, 0.717) is 12.8 Å². The van der Waals surface area contributed by atoms with Gasteiger partial charge < -0.3 is 15.5 Å². The maximum absolute atomic E-state index is 12.2. The van der Waals surface area contributed by atoms with Crippen molar-refractivity contribution in [3.05, 3.63) is 0 Å². The molecule has 2 fully saturated rings. The normalized spacial score (nSPS) is 29.6. The van der Waals surface area contributed by atoms with Gasteiger partial charge in [-0.3, -0.25) is 9.59 Å². The Kier molecular flexibility index (Phi) is 5.02. The number of aliphatic hydroxyl groups is 1. The van der Waals surface area contributed by atoms with Crippen molar-refractivity contribution in [1.29, 1.82) is 0 Å². The van der Waals surface area contributed by atoms with Crippen molar-refractivity contribution in [2.45, 2.75) is 63.4 Å². The van der Waals surface area contributed by atoms with Crippen LogP contribution in [0.2, 0.25) is 0 Å². The van der Waals surface area contributed by atoms with Crippen LogP contribution in [0.1, 0.15) is 57.8 Å². The summed E-state index contributed by atoms with van der Waals surface area (Å²) in [6, 6.07) is 0. The molecule has 0 aromatic heterocycles. The highest BCUT2D eigenvalue weighted by atomic mass is 16.4. The van der Waals surface area contributed by atoms with Crippen molar-refractivity contribution < 1.29 is 19.8 Å². The van der Waals surface area contributed by atoms with E-state index in [2.05, 4.69) is 5.32 Å². The molecule has 0 unspecified atom stereocenters. The maximum atomic E-state index is 12.2. The molecule has 2 aliphatic carbocycles. The van der Waals surface area contributed by atoms with E-state index in [0.717, 1.165) is 44.9 Å². The van der Waals surface area contributed by atoms with Crippen LogP contribution in [-0.2, 0) is 9.59 Å². The minimum Gasteiger partial charge on any atom is -0.481 e. The molecule has 20 heavy (non-hydrogen) atoms. The Morgan fingerprint density at radius 2 is 1.60 bits per heavy atom. The van der Waals surface area contributed by atoms with E-state index in [4.69, 9.17) is 0 Å². The Hall–Kier alpha value is -1.10. The standard InChI is InChI=1S/C15H25NO4/c17-13(11-6-2-3-7-12(11)14(18)19)16-10-15(20)8-4-1-5-9-15/h11-12,20H,1-10H2,(H,16,17)(H,18,19)/t11-,12+/m1/s1. The lowest BCUT2D eigenvalue weighted by Crippen LogP contribution is -2.48. The Labute approximate surface area is 119 Å². The van der Waals surface area contributed by atoms with E-state index in [1.54, 1.807) is 0 Å². The zero-order valence-electron chi connectivity index (χ0n) is 11.9. The van der Waals surface area contributed by atoms with E-state index >= 15 is 0 Å². The predicted octanol–water partition coefficient (Wildman–Crippen LogP) is 1.69. The summed E-state index contributed by atoms with van der Waals surface area (Å²) in [5.41, 5.74) is -0.790. The van der Waals surface area contributed by atoms with E-state index in [1.165, 1.54) is 0 Å². The molecule has 114 valence electrons. The zero-order valence-corrected chi connectivity index (χ0v) is 11.9. The third-order valence-corrected chi connectivity index (χ3v) is 4.80. The number of carboxylic acid groups (broad SMARTS) is 1. The highest BCUT2D eigenvalue weighted by molar-refractivity contribution is 5.84. The molecule has 0 heterocycles. The molecule has 2 aliphatic rings. The van der Waals surface area contributed by atoms with Gasteiger partial charge in [0.05, 0.1) is 17.4 Å². The minimum absolute atomic E-state index is 0.198. The largest absolute Gasteiger partial charge is 0.481 e. The Bertz CT molecular complexity index is 363. The first kappa shape index (κ1) is 15.3. The Balaban J connectivity index is 1.88. The second-order valence-corrected chi connectivity index (χ2v) is 6.34. The molecule has 0 bridgehead atoms. The van der Waals surface area contributed by atoms with Crippen LogP contribution >= 0.6 is 0 Å². The van der Waals surface area contributed by atoms with Crippen LogP contribution in [0.15, 0.2) is 0 Å². The topological polar surface area (TPSA) is 86.6 Å². The number of carboxylic acids is 1. The van der Waals surface area contributed by atoms with Gasteiger partial charge >= 0.3 is 5.97 Å². The van der Waals surface area contributed by atoms with E-state index in [1.807, 2.05) is 0 Å². The summed E-state index contributed by atoms with van der Waals surface area (Å²) in [6.45, 7) is 0.259. The van der Waals surface area contributed by atoms with E-state index in [9.17, 15) is 19.8 Å². The average molecular weight is 283 g/mol. The van der Waals surface area contributed by atoms with Crippen LogP contribution in [0.5, 0.6) is 0 Å². The molecule has 5 nitrogen and oxygen atoms in total. The maximum Gasteiger partial charge on any atom is 0.307 e. The molecule has 0 spiro atoms. The second-order valence-electron chi connectivity index (χ2n) is 6.34. The Morgan fingerprint density at radius 3 is 2.20 bits per heavy atom. The third kappa shape index (κ3) is 3.72. The molecule has 1 amide bonds. The SMILES string of the molecule is O=C(O)[C@H]1CCCC[C@H]1C(=O)NCC1(O)CCCCC1. The van der Waals surface area contributed by atoms with Crippen LogP contribution in [0.3, 0.4) is 0 Å². The van der Waals surface area contributed by atoms with Crippen molar-refractivity contribution >= 4 is 11.9 Å². The van der Waals surface area contributed by atoms with Crippen molar-refractivity contribution in [3.63, 3.8) is 0 Å². The van der Waals surface area contributed by atoms with Gasteiger partial charge in [-0.05, 0) is 25.7 Å². The lowest BCUT2D eigenvalue weighted by molar-refractivity contribution is -0.149. The summed E-state index contributed by atoms with van der Waals surface area (Å²) in [7, 11) is 0. The van der Waals surface area contributed by atoms with Crippen molar-refractivity contribution in [1.82, 2.24) is 5.32 Å². The highest BCUT2D eigenvalue weighted by Crippen LogP contribution is 2.31. The smallest absolute Gasteiger partial charge is 0.307 e. The molecule has 2 saturated carbocycles. The summed E-state index contributed by atoms with van der Waals surface area (Å²) < 4.78 is 0. The van der Waals surface area contributed by atoms with Crippen molar-refractivity contribution in [3.8, 4) is 0 Å². The predicted molar refractivity (Wildman–Crippen MR) is 74.1 cm³/mol. The molecule has 5 heteroatoms. The van der Waals surface area contributed by atoms with Crippen LogP contribution in [0.25, 0.3) is 0 Å². The van der Waals surface area contributed by atoms with Crippen LogP contribution in [0, 0.1) is 11.8 Å². The van der Waals surface area contributed by atoms with Crippen molar-refractivity contribution in [2.75, 3.05) is 6.54 Å². The van der Waals surface area contributed by atoms with Gasteiger partial charge in [0.15, 0.2) is 0 Å². The number of nitrogens with one attached hydrogen (secondary N) is 1. The monoisotopic (exact) mass is 283 g/mol. The number of amides is 1. The molecule has 0 saturated heterocycles. The fourth-order valence-corrected chi connectivity index (χ4v) is 3.51. The Morgan fingerprint density at radius 1 is 1.00 bits per heavy atom. The summed E-state index contributed by atoms with van der Waals surface area (Å²) >= 11 is 0. The minimum atomic E-state index is -0.874. The van der Waals surface area contributed by atoms with Crippen molar-refractivity contribution in [2.24, 2.45) is 11.8 Å². The van der Waals surface area contributed by atoms with Gasteiger partial charge in [-0.15, -0.1) is 0 Å². The molecule has 2 atom stereocenters. The molecule has 3 N–H and O–H groups in total. The molecular weight excluding hydrogens is 258 g/mol. The first-order valence-corrected chi connectivity index (χ1v) is 7.75. The first-order valence-electron chi connectivity index (χ1n) is 7.75. The number of rotatable bonds is 4. The van der Waals surface area contributed by atoms with Gasteiger partial charge in [-0.25, -0.2) is 0 Å². The molecule has 0 aromatic rings. The fourth-order valence-electron chi connectivity index (χ4n) is 3.51. The first-order chi connectivity index (χ1) is 9.52. The van der Waals surface area contributed by atoms with Gasteiger partial charge in [-0.2, -0.15) is 0 Å².